The van der Waals surface area contributed by atoms with Crippen LogP contribution in [0.25, 0.3) is 0 Å². The Morgan fingerprint density at radius 3 is 2.90 bits per heavy atom. The molecule has 1 aliphatic heterocycles. The van der Waals surface area contributed by atoms with Gasteiger partial charge in [-0.25, -0.2) is 0 Å². The van der Waals surface area contributed by atoms with E-state index in [2.05, 4.69) is 15.3 Å². The van der Waals surface area contributed by atoms with E-state index in [9.17, 15) is 4.79 Å². The molecule has 0 N–H and O–H groups in total. The lowest BCUT2D eigenvalue weighted by molar-refractivity contribution is 0.0766. The molecule has 0 aromatic carbocycles. The van der Waals surface area contributed by atoms with Crippen molar-refractivity contribution < 1.29 is 9.53 Å². The van der Waals surface area contributed by atoms with Gasteiger partial charge in [0.25, 0.3) is 5.91 Å². The predicted octanol–water partition coefficient (Wildman–Crippen LogP) is 0.504. The van der Waals surface area contributed by atoms with Crippen molar-refractivity contribution in [1.82, 2.24) is 24.9 Å². The smallest absolute Gasteiger partial charge is 0.276 e. The second kappa shape index (κ2) is 5.28. The quantitative estimate of drug-likeness (QED) is 0.814. The number of hydrogen-bond donors (Lipinski definition) is 0. The number of aromatic nitrogens is 4. The van der Waals surface area contributed by atoms with E-state index < -0.39 is 0 Å². The van der Waals surface area contributed by atoms with E-state index in [0.29, 0.717) is 18.8 Å². The van der Waals surface area contributed by atoms with Crippen molar-refractivity contribution in [2.75, 3.05) is 13.1 Å². The average Bonchev–Trinajstić information content (AvgIpc) is 3.08. The highest BCUT2D eigenvalue weighted by Crippen LogP contribution is 2.18. The van der Waals surface area contributed by atoms with Crippen molar-refractivity contribution in [3.63, 3.8) is 0 Å². The van der Waals surface area contributed by atoms with E-state index in [1.54, 1.807) is 30.5 Å². The van der Waals surface area contributed by atoms with Crippen molar-refractivity contribution in [3.05, 3.63) is 36.4 Å². The van der Waals surface area contributed by atoms with Crippen LogP contribution >= 0.6 is 0 Å². The molecular formula is C13H15N5O2. The predicted molar refractivity (Wildman–Crippen MR) is 70.2 cm³/mol. The zero-order valence-corrected chi connectivity index (χ0v) is 11.1. The molecule has 20 heavy (non-hydrogen) atoms. The molecule has 2 aromatic rings. The van der Waals surface area contributed by atoms with Gasteiger partial charge in [-0.15, -0.1) is 5.10 Å². The minimum Gasteiger partial charge on any atom is -0.488 e. The molecule has 3 heterocycles. The van der Waals surface area contributed by atoms with E-state index in [1.807, 2.05) is 12.1 Å². The SMILES string of the molecule is Cn1cc(C(=O)N2CCC(Oc3ccncc3)C2)nn1. The number of aryl methyl sites for hydroxylation is 1. The highest BCUT2D eigenvalue weighted by atomic mass is 16.5. The summed E-state index contributed by atoms with van der Waals surface area (Å²) in [5, 5.41) is 7.62. The summed E-state index contributed by atoms with van der Waals surface area (Å²) >= 11 is 0. The number of likely N-dealkylation sites (tertiary alicyclic amines) is 1. The third kappa shape index (κ3) is 2.61. The Kier molecular flexibility index (Phi) is 3.32. The van der Waals surface area contributed by atoms with Crippen LogP contribution in [0.4, 0.5) is 0 Å². The third-order valence-corrected chi connectivity index (χ3v) is 3.21. The fraction of sp³-hybridized carbons (Fsp3) is 0.385. The van der Waals surface area contributed by atoms with Gasteiger partial charge in [-0.05, 0) is 12.1 Å². The highest BCUT2D eigenvalue weighted by Gasteiger charge is 2.29. The van der Waals surface area contributed by atoms with Crippen LogP contribution in [-0.2, 0) is 7.05 Å². The van der Waals surface area contributed by atoms with Crippen molar-refractivity contribution in [3.8, 4) is 5.75 Å². The molecule has 104 valence electrons. The van der Waals surface area contributed by atoms with Crippen LogP contribution in [0.3, 0.4) is 0 Å². The molecular weight excluding hydrogens is 258 g/mol. The van der Waals surface area contributed by atoms with Crippen molar-refractivity contribution in [2.24, 2.45) is 7.05 Å². The van der Waals surface area contributed by atoms with Crippen LogP contribution in [0, 0.1) is 0 Å². The molecule has 0 radical (unpaired) electrons. The van der Waals surface area contributed by atoms with Gasteiger partial charge in [0.05, 0.1) is 12.7 Å². The first kappa shape index (κ1) is 12.6. The maximum Gasteiger partial charge on any atom is 0.276 e. The molecule has 1 unspecified atom stereocenters. The second-order valence-corrected chi connectivity index (χ2v) is 4.74. The first-order valence-corrected chi connectivity index (χ1v) is 6.44. The van der Waals surface area contributed by atoms with Crippen LogP contribution in [0.5, 0.6) is 5.75 Å². The lowest BCUT2D eigenvalue weighted by Gasteiger charge is -2.15. The first-order chi connectivity index (χ1) is 9.72. The Bertz CT molecular complexity index is 598. The number of ether oxygens (including phenoxy) is 1. The highest BCUT2D eigenvalue weighted by molar-refractivity contribution is 5.92. The van der Waals surface area contributed by atoms with Gasteiger partial charge in [0.1, 0.15) is 11.9 Å². The molecule has 7 heteroatoms. The topological polar surface area (TPSA) is 73.1 Å². The molecule has 1 aliphatic rings. The van der Waals surface area contributed by atoms with Crippen LogP contribution in [0.1, 0.15) is 16.9 Å². The number of pyridine rings is 1. The second-order valence-electron chi connectivity index (χ2n) is 4.74. The van der Waals surface area contributed by atoms with E-state index in [-0.39, 0.29) is 12.0 Å². The summed E-state index contributed by atoms with van der Waals surface area (Å²) in [6.45, 7) is 1.24. The van der Waals surface area contributed by atoms with E-state index in [4.69, 9.17) is 4.74 Å². The fourth-order valence-electron chi connectivity index (χ4n) is 2.23. The summed E-state index contributed by atoms with van der Waals surface area (Å²) in [7, 11) is 1.74. The monoisotopic (exact) mass is 273 g/mol. The lowest BCUT2D eigenvalue weighted by atomic mass is 10.3. The van der Waals surface area contributed by atoms with E-state index >= 15 is 0 Å². The van der Waals surface area contributed by atoms with Crippen LogP contribution in [0.2, 0.25) is 0 Å². The van der Waals surface area contributed by atoms with Gasteiger partial charge in [-0.1, -0.05) is 5.21 Å². The third-order valence-electron chi connectivity index (χ3n) is 3.21. The Balaban J connectivity index is 1.61. The molecule has 3 rings (SSSR count). The largest absolute Gasteiger partial charge is 0.488 e. The molecule has 1 fully saturated rings. The number of rotatable bonds is 3. The van der Waals surface area contributed by atoms with E-state index in [0.717, 1.165) is 12.2 Å². The molecule has 0 spiro atoms. The number of nitrogens with zero attached hydrogens (tertiary/aromatic N) is 5. The van der Waals surface area contributed by atoms with Gasteiger partial charge < -0.3 is 9.64 Å². The maximum absolute atomic E-state index is 12.2. The molecule has 0 aliphatic carbocycles. The average molecular weight is 273 g/mol. The molecule has 1 saturated heterocycles. The van der Waals surface area contributed by atoms with Crippen molar-refractivity contribution in [1.29, 1.82) is 0 Å². The summed E-state index contributed by atoms with van der Waals surface area (Å²) in [6, 6.07) is 3.63. The zero-order valence-electron chi connectivity index (χ0n) is 11.1. The molecule has 0 bridgehead atoms. The zero-order chi connectivity index (χ0) is 13.9. The van der Waals surface area contributed by atoms with Gasteiger partial charge >= 0.3 is 0 Å². The normalized spacial score (nSPS) is 18.2. The Morgan fingerprint density at radius 1 is 1.40 bits per heavy atom. The van der Waals surface area contributed by atoms with Crippen LogP contribution < -0.4 is 4.74 Å². The van der Waals surface area contributed by atoms with Gasteiger partial charge in [0, 0.05) is 32.4 Å². The molecule has 0 saturated carbocycles. The lowest BCUT2D eigenvalue weighted by Crippen LogP contribution is -2.31. The summed E-state index contributed by atoms with van der Waals surface area (Å²) in [5.74, 6) is 0.678. The number of carbonyl (C=O) groups excluding carboxylic acids is 1. The first-order valence-electron chi connectivity index (χ1n) is 6.44. The van der Waals surface area contributed by atoms with Gasteiger partial charge in [0.15, 0.2) is 5.69 Å². The Labute approximate surface area is 116 Å². The molecule has 7 nitrogen and oxygen atoms in total. The molecule has 2 aromatic heterocycles. The molecule has 1 atom stereocenters. The fourth-order valence-corrected chi connectivity index (χ4v) is 2.23. The minimum absolute atomic E-state index is 0.0121. The van der Waals surface area contributed by atoms with Gasteiger partial charge in [0.2, 0.25) is 0 Å². The molecule has 1 amide bonds. The number of amides is 1. The number of carbonyl (C=O) groups is 1. The summed E-state index contributed by atoms with van der Waals surface area (Å²) in [4.78, 5) is 17.9. The van der Waals surface area contributed by atoms with Crippen molar-refractivity contribution in [2.45, 2.75) is 12.5 Å². The summed E-state index contributed by atoms with van der Waals surface area (Å²) in [6.07, 6.45) is 5.82. The van der Waals surface area contributed by atoms with Gasteiger partial charge in [-0.2, -0.15) is 0 Å². The van der Waals surface area contributed by atoms with E-state index in [1.165, 1.54) is 4.68 Å². The number of hydrogen-bond acceptors (Lipinski definition) is 5. The van der Waals surface area contributed by atoms with Crippen LogP contribution in [-0.4, -0.2) is 50.0 Å². The summed E-state index contributed by atoms with van der Waals surface area (Å²) < 4.78 is 7.34. The summed E-state index contributed by atoms with van der Waals surface area (Å²) in [5.41, 5.74) is 0.372. The Hall–Kier alpha value is -2.44. The van der Waals surface area contributed by atoms with Gasteiger partial charge in [-0.3, -0.25) is 14.5 Å². The van der Waals surface area contributed by atoms with Crippen molar-refractivity contribution >= 4 is 5.91 Å². The maximum atomic E-state index is 12.2. The Morgan fingerprint density at radius 2 is 2.20 bits per heavy atom. The standard InChI is InChI=1S/C13H15N5O2/c1-17-9-12(15-16-17)13(19)18-7-4-11(8-18)20-10-2-5-14-6-3-10/h2-3,5-6,9,11H,4,7-8H2,1H3. The van der Waals surface area contributed by atoms with Crippen LogP contribution in [0.15, 0.2) is 30.7 Å². The minimum atomic E-state index is -0.0982.